The van der Waals surface area contributed by atoms with Gasteiger partial charge in [-0.2, -0.15) is 4.31 Å². The summed E-state index contributed by atoms with van der Waals surface area (Å²) in [4.78, 5) is 0.561. The molecule has 6 nitrogen and oxygen atoms in total. The molecule has 2 aromatic rings. The first-order valence-corrected chi connectivity index (χ1v) is 13.2. The molecule has 1 atom stereocenters. The highest BCUT2D eigenvalue weighted by molar-refractivity contribution is 7.89. The van der Waals surface area contributed by atoms with Gasteiger partial charge in [0.1, 0.15) is 0 Å². The van der Waals surface area contributed by atoms with Gasteiger partial charge in [-0.15, -0.1) is 0 Å². The molecule has 0 bridgehead atoms. The van der Waals surface area contributed by atoms with E-state index in [0.717, 1.165) is 30.4 Å². The summed E-state index contributed by atoms with van der Waals surface area (Å²) in [7, 11) is -7.24. The maximum Gasteiger partial charge on any atom is 0.243 e. The standard InChI is InChI=1S/C22H30N2O4S2/c1-17-8-11-21(12-9-17)30(27,28)24-15-5-4-6-20(24)13-14-23-29(25,26)22-16-18(2)7-10-19(22)3/h7-12,16,20,23H,4-6,13-15H2,1-3H3. The summed E-state index contributed by atoms with van der Waals surface area (Å²) < 4.78 is 56.0. The Morgan fingerprint density at radius 3 is 2.30 bits per heavy atom. The smallest absolute Gasteiger partial charge is 0.211 e. The highest BCUT2D eigenvalue weighted by atomic mass is 32.2. The van der Waals surface area contributed by atoms with Gasteiger partial charge in [0.2, 0.25) is 20.0 Å². The summed E-state index contributed by atoms with van der Waals surface area (Å²) in [6.07, 6.45) is 2.93. The van der Waals surface area contributed by atoms with Gasteiger partial charge in [0.05, 0.1) is 9.79 Å². The average Bonchev–Trinajstić information content (AvgIpc) is 2.70. The summed E-state index contributed by atoms with van der Waals surface area (Å²) in [5, 5.41) is 0. The largest absolute Gasteiger partial charge is 0.243 e. The first-order valence-electron chi connectivity index (χ1n) is 10.3. The normalized spacial score (nSPS) is 18.4. The fourth-order valence-corrected chi connectivity index (χ4v) is 6.96. The van der Waals surface area contributed by atoms with Gasteiger partial charge in [-0.05, 0) is 69.4 Å². The van der Waals surface area contributed by atoms with Gasteiger partial charge < -0.3 is 0 Å². The van der Waals surface area contributed by atoms with Gasteiger partial charge in [-0.25, -0.2) is 21.6 Å². The van der Waals surface area contributed by atoms with Crippen LogP contribution in [0.1, 0.15) is 42.4 Å². The van der Waals surface area contributed by atoms with Crippen LogP contribution in [0.4, 0.5) is 0 Å². The average molecular weight is 451 g/mol. The molecule has 0 saturated carbocycles. The molecule has 0 radical (unpaired) electrons. The van der Waals surface area contributed by atoms with E-state index in [1.165, 1.54) is 0 Å². The van der Waals surface area contributed by atoms with E-state index in [2.05, 4.69) is 4.72 Å². The van der Waals surface area contributed by atoms with Gasteiger partial charge in [-0.3, -0.25) is 0 Å². The van der Waals surface area contributed by atoms with Gasteiger partial charge in [0.25, 0.3) is 0 Å². The van der Waals surface area contributed by atoms with Crippen molar-refractivity contribution in [3.63, 3.8) is 0 Å². The molecule has 1 saturated heterocycles. The zero-order chi connectivity index (χ0) is 21.9. The Morgan fingerprint density at radius 2 is 1.60 bits per heavy atom. The first kappa shape index (κ1) is 22.9. The van der Waals surface area contributed by atoms with Gasteiger partial charge >= 0.3 is 0 Å². The van der Waals surface area contributed by atoms with Crippen molar-refractivity contribution < 1.29 is 16.8 Å². The molecule has 1 fully saturated rings. The lowest BCUT2D eigenvalue weighted by Gasteiger charge is -2.34. The molecule has 1 N–H and O–H groups in total. The lowest BCUT2D eigenvalue weighted by atomic mass is 10.0. The second-order valence-corrected chi connectivity index (χ2v) is 11.7. The topological polar surface area (TPSA) is 83.6 Å². The second kappa shape index (κ2) is 9.18. The molecule has 8 heteroatoms. The van der Waals surface area contributed by atoms with Crippen LogP contribution in [0.2, 0.25) is 0 Å². The highest BCUT2D eigenvalue weighted by Crippen LogP contribution is 2.27. The SMILES string of the molecule is Cc1ccc(S(=O)(=O)N2CCCCC2CCNS(=O)(=O)c2cc(C)ccc2C)cc1. The Bertz CT molecular complexity index is 1090. The van der Waals surface area contributed by atoms with Gasteiger partial charge in [0.15, 0.2) is 0 Å². The monoisotopic (exact) mass is 450 g/mol. The van der Waals surface area contributed by atoms with Crippen molar-refractivity contribution in [3.05, 3.63) is 59.2 Å². The number of benzene rings is 2. The van der Waals surface area contributed by atoms with Crippen molar-refractivity contribution in [2.24, 2.45) is 0 Å². The number of hydrogen-bond donors (Lipinski definition) is 1. The first-order chi connectivity index (χ1) is 14.1. The zero-order valence-electron chi connectivity index (χ0n) is 17.8. The maximum absolute atomic E-state index is 13.2. The minimum Gasteiger partial charge on any atom is -0.211 e. The third-order valence-corrected chi connectivity index (χ3v) is 9.17. The van der Waals surface area contributed by atoms with Crippen molar-refractivity contribution in [1.29, 1.82) is 0 Å². The van der Waals surface area contributed by atoms with Crippen LogP contribution in [0.15, 0.2) is 52.3 Å². The van der Waals surface area contributed by atoms with E-state index in [1.54, 1.807) is 47.6 Å². The van der Waals surface area contributed by atoms with E-state index >= 15 is 0 Å². The molecule has 3 rings (SSSR count). The zero-order valence-corrected chi connectivity index (χ0v) is 19.4. The fraction of sp³-hybridized carbons (Fsp3) is 0.455. The van der Waals surface area contributed by atoms with Crippen LogP contribution in [0.25, 0.3) is 0 Å². The predicted molar refractivity (Wildman–Crippen MR) is 118 cm³/mol. The molecule has 0 amide bonds. The van der Waals surface area contributed by atoms with Crippen molar-refractivity contribution in [2.75, 3.05) is 13.1 Å². The Balaban J connectivity index is 1.72. The van der Waals surface area contributed by atoms with Crippen molar-refractivity contribution in [3.8, 4) is 0 Å². The predicted octanol–water partition coefficient (Wildman–Crippen LogP) is 3.52. The van der Waals surface area contributed by atoms with E-state index in [-0.39, 0.29) is 22.4 Å². The Labute approximate surface area is 180 Å². The summed E-state index contributed by atoms with van der Waals surface area (Å²) in [5.41, 5.74) is 2.57. The summed E-state index contributed by atoms with van der Waals surface area (Å²) in [6, 6.07) is 12.0. The van der Waals surface area contributed by atoms with E-state index < -0.39 is 20.0 Å². The number of sulfonamides is 2. The molecule has 1 aliphatic heterocycles. The number of hydrogen-bond acceptors (Lipinski definition) is 4. The third kappa shape index (κ3) is 5.11. The van der Waals surface area contributed by atoms with Crippen molar-refractivity contribution in [2.45, 2.75) is 62.3 Å². The Morgan fingerprint density at radius 1 is 0.933 bits per heavy atom. The van der Waals surface area contributed by atoms with E-state index in [0.29, 0.717) is 18.5 Å². The number of nitrogens with one attached hydrogen (secondary N) is 1. The second-order valence-electron chi connectivity index (χ2n) is 8.03. The molecule has 0 aliphatic carbocycles. The van der Waals surface area contributed by atoms with Crippen LogP contribution >= 0.6 is 0 Å². The number of rotatable bonds is 7. The van der Waals surface area contributed by atoms with Crippen molar-refractivity contribution in [1.82, 2.24) is 9.03 Å². The molecule has 2 aromatic carbocycles. The summed E-state index contributed by atoms with van der Waals surface area (Å²) >= 11 is 0. The Kier molecular flexibility index (Phi) is 7.02. The lowest BCUT2D eigenvalue weighted by molar-refractivity contribution is 0.242. The van der Waals surface area contributed by atoms with E-state index in [1.807, 2.05) is 19.9 Å². The number of piperidine rings is 1. The van der Waals surface area contributed by atoms with Crippen LogP contribution in [0.5, 0.6) is 0 Å². The van der Waals surface area contributed by atoms with Crippen LogP contribution < -0.4 is 4.72 Å². The highest BCUT2D eigenvalue weighted by Gasteiger charge is 2.33. The number of aryl methyl sites for hydroxylation is 3. The van der Waals surface area contributed by atoms with Crippen molar-refractivity contribution >= 4 is 20.0 Å². The molecule has 0 spiro atoms. The molecular formula is C22H30N2O4S2. The maximum atomic E-state index is 13.2. The molecule has 1 aliphatic rings. The summed E-state index contributed by atoms with van der Waals surface area (Å²) in [5.74, 6) is 0. The Hall–Kier alpha value is -1.74. The molecule has 30 heavy (non-hydrogen) atoms. The third-order valence-electron chi connectivity index (χ3n) is 5.60. The van der Waals surface area contributed by atoms with Crippen LogP contribution in [0, 0.1) is 20.8 Å². The molecule has 0 aromatic heterocycles. The molecule has 1 unspecified atom stereocenters. The van der Waals surface area contributed by atoms with Crippen LogP contribution in [0.3, 0.4) is 0 Å². The molecule has 164 valence electrons. The number of nitrogens with zero attached hydrogens (tertiary/aromatic N) is 1. The van der Waals surface area contributed by atoms with Gasteiger partial charge in [0, 0.05) is 19.1 Å². The lowest BCUT2D eigenvalue weighted by Crippen LogP contribution is -2.45. The van der Waals surface area contributed by atoms with Crippen LogP contribution in [-0.2, 0) is 20.0 Å². The minimum absolute atomic E-state index is 0.195. The summed E-state index contributed by atoms with van der Waals surface area (Å²) in [6.45, 7) is 6.20. The molecular weight excluding hydrogens is 420 g/mol. The van der Waals surface area contributed by atoms with E-state index in [9.17, 15) is 16.8 Å². The fourth-order valence-electron chi connectivity index (χ4n) is 3.86. The van der Waals surface area contributed by atoms with Crippen LogP contribution in [-0.4, -0.2) is 40.3 Å². The van der Waals surface area contributed by atoms with Gasteiger partial charge in [-0.1, -0.05) is 36.2 Å². The quantitative estimate of drug-likeness (QED) is 0.700. The van der Waals surface area contributed by atoms with E-state index in [4.69, 9.17) is 0 Å². The molecule has 1 heterocycles. The minimum atomic E-state index is -3.64.